The van der Waals surface area contributed by atoms with Crippen molar-refractivity contribution in [1.82, 2.24) is 0 Å². The summed E-state index contributed by atoms with van der Waals surface area (Å²) in [5.74, 6) is 0.462. The molecular formula is C42H42S6. The molecule has 5 aromatic heterocycles. The predicted octanol–water partition coefficient (Wildman–Crippen LogP) is 15.6. The SMILES string of the molecule is CCCCCCc1ccc(-c2ccc(C3=CC4Sc5sc6cc(-c7ccc(-c8ccc(CCCCCC)s8)s7)ccc6c5C4C=C3)s2)s1. The zero-order valence-corrected chi connectivity index (χ0v) is 32.7. The summed E-state index contributed by atoms with van der Waals surface area (Å²) in [7, 11) is 0. The van der Waals surface area contributed by atoms with Crippen LogP contribution in [0, 0.1) is 0 Å². The molecule has 6 aromatic rings. The van der Waals surface area contributed by atoms with Crippen LogP contribution in [0.5, 0.6) is 0 Å². The second-order valence-corrected chi connectivity index (χ2v) is 20.1. The van der Waals surface area contributed by atoms with Crippen LogP contribution in [0.2, 0.25) is 0 Å². The van der Waals surface area contributed by atoms with Crippen molar-refractivity contribution in [3.63, 3.8) is 0 Å². The maximum absolute atomic E-state index is 2.54. The summed E-state index contributed by atoms with van der Waals surface area (Å²) in [6.45, 7) is 4.57. The molecule has 1 aromatic carbocycles. The van der Waals surface area contributed by atoms with Crippen LogP contribution in [0.1, 0.15) is 91.3 Å². The van der Waals surface area contributed by atoms with E-state index < -0.39 is 0 Å². The Balaban J connectivity index is 0.941. The van der Waals surface area contributed by atoms with Gasteiger partial charge in [-0.2, -0.15) is 0 Å². The number of thiophene rings is 5. The molecule has 48 heavy (non-hydrogen) atoms. The molecule has 0 radical (unpaired) electrons. The van der Waals surface area contributed by atoms with Gasteiger partial charge in [0.05, 0.1) is 4.21 Å². The Kier molecular flexibility index (Phi) is 10.3. The highest BCUT2D eigenvalue weighted by Gasteiger charge is 2.36. The van der Waals surface area contributed by atoms with Crippen molar-refractivity contribution in [3.05, 3.63) is 105 Å². The van der Waals surface area contributed by atoms with Crippen LogP contribution in [0.3, 0.4) is 0 Å². The fourth-order valence-corrected chi connectivity index (χ4v) is 14.3. The number of hydrogen-bond acceptors (Lipinski definition) is 6. The molecule has 2 unspecified atom stereocenters. The number of fused-ring (bicyclic) bond motifs is 5. The Morgan fingerprint density at radius 2 is 1.17 bits per heavy atom. The maximum atomic E-state index is 2.54. The monoisotopic (exact) mass is 738 g/mol. The minimum atomic E-state index is 0.462. The van der Waals surface area contributed by atoms with Gasteiger partial charge in [-0.15, -0.1) is 68.4 Å². The molecule has 0 amide bonds. The lowest BCUT2D eigenvalue weighted by atomic mass is 9.89. The Hall–Kier alpha value is -2.19. The second-order valence-electron chi connectivity index (χ2n) is 13.1. The van der Waals surface area contributed by atoms with E-state index in [0.717, 1.165) is 0 Å². The molecule has 0 spiro atoms. The zero-order valence-electron chi connectivity index (χ0n) is 27.8. The molecule has 0 bridgehead atoms. The maximum Gasteiger partial charge on any atom is 0.0655 e. The fourth-order valence-electron chi connectivity index (χ4n) is 6.95. The van der Waals surface area contributed by atoms with Gasteiger partial charge in [0.25, 0.3) is 0 Å². The Labute approximate surface area is 310 Å². The minimum Gasteiger partial charge on any atom is -0.139 e. The van der Waals surface area contributed by atoms with E-state index in [4.69, 9.17) is 0 Å². The number of thioether (sulfide) groups is 1. The van der Waals surface area contributed by atoms with Crippen molar-refractivity contribution in [2.45, 2.75) is 93.4 Å². The van der Waals surface area contributed by atoms with E-state index in [0.29, 0.717) is 11.2 Å². The standard InChI is InChI=1S/C42H42S6/c1-3-5-7-9-11-29-15-19-35(43-29)37-23-21-33(45-37)27-13-17-31-39(25-27)47-42-41(31)32-18-14-28(26-40(32)48-42)34-22-24-38(46-34)36-20-16-30(44-36)12-10-8-6-4-2/h13-26,31,39H,3-12H2,1-2H3. The van der Waals surface area contributed by atoms with Gasteiger partial charge in [-0.3, -0.25) is 0 Å². The molecule has 0 nitrogen and oxygen atoms in total. The molecule has 6 heteroatoms. The Morgan fingerprint density at radius 3 is 1.85 bits per heavy atom. The normalized spacial score (nSPS) is 16.9. The van der Waals surface area contributed by atoms with Crippen LogP contribution >= 0.6 is 68.4 Å². The largest absolute Gasteiger partial charge is 0.139 e. The van der Waals surface area contributed by atoms with Gasteiger partial charge in [-0.1, -0.05) is 82.7 Å². The quantitative estimate of drug-likeness (QED) is 0.100. The molecular weight excluding hydrogens is 697 g/mol. The zero-order chi connectivity index (χ0) is 32.5. The number of benzene rings is 1. The van der Waals surface area contributed by atoms with E-state index in [1.165, 1.54) is 129 Å². The number of hydrogen-bond donors (Lipinski definition) is 0. The van der Waals surface area contributed by atoms with Gasteiger partial charge in [0, 0.05) is 54.9 Å². The van der Waals surface area contributed by atoms with Crippen LogP contribution in [-0.2, 0) is 12.8 Å². The van der Waals surface area contributed by atoms with Crippen molar-refractivity contribution in [3.8, 4) is 29.9 Å². The summed E-state index contributed by atoms with van der Waals surface area (Å²) in [5, 5.41) is 1.93. The third-order valence-corrected chi connectivity index (χ3v) is 17.2. The van der Waals surface area contributed by atoms with Gasteiger partial charge < -0.3 is 0 Å². The van der Waals surface area contributed by atoms with Crippen molar-refractivity contribution >= 4 is 84.1 Å². The topological polar surface area (TPSA) is 0 Å². The smallest absolute Gasteiger partial charge is 0.0655 e. The van der Waals surface area contributed by atoms with Crippen LogP contribution in [0.25, 0.3) is 45.6 Å². The van der Waals surface area contributed by atoms with E-state index in [1.54, 1.807) is 5.56 Å². The highest BCUT2D eigenvalue weighted by Crippen LogP contribution is 2.56. The Morgan fingerprint density at radius 1 is 0.562 bits per heavy atom. The van der Waals surface area contributed by atoms with Crippen molar-refractivity contribution in [2.75, 3.05) is 0 Å². The van der Waals surface area contributed by atoms with E-state index in [-0.39, 0.29) is 0 Å². The molecule has 0 N–H and O–H groups in total. The second kappa shape index (κ2) is 15.0. The third kappa shape index (κ3) is 6.91. The van der Waals surface area contributed by atoms with Crippen molar-refractivity contribution < 1.29 is 0 Å². The summed E-state index contributed by atoms with van der Waals surface area (Å²) in [6, 6.07) is 25.9. The summed E-state index contributed by atoms with van der Waals surface area (Å²) in [6.07, 6.45) is 20.5. The van der Waals surface area contributed by atoms with Crippen molar-refractivity contribution in [1.29, 1.82) is 0 Å². The average Bonchev–Trinajstić information content (AvgIpc) is 3.94. The lowest BCUT2D eigenvalue weighted by Crippen LogP contribution is -2.08. The lowest BCUT2D eigenvalue weighted by molar-refractivity contribution is 0.670. The minimum absolute atomic E-state index is 0.462. The average molecular weight is 739 g/mol. The number of allylic oxidation sites excluding steroid dienone is 3. The molecule has 1 aliphatic heterocycles. The van der Waals surface area contributed by atoms with E-state index in [2.05, 4.69) is 111 Å². The van der Waals surface area contributed by atoms with Crippen LogP contribution in [-0.4, -0.2) is 5.25 Å². The first-order valence-electron chi connectivity index (χ1n) is 17.7. The third-order valence-electron chi connectivity index (χ3n) is 9.60. The summed E-state index contributed by atoms with van der Waals surface area (Å²) in [4.78, 5) is 11.5. The molecule has 0 fully saturated rings. The lowest BCUT2D eigenvalue weighted by Gasteiger charge is -2.19. The van der Waals surface area contributed by atoms with Crippen LogP contribution in [0.15, 0.2) is 89.2 Å². The highest BCUT2D eigenvalue weighted by molar-refractivity contribution is 8.02. The van der Waals surface area contributed by atoms with Gasteiger partial charge in [-0.05, 0) is 102 Å². The molecule has 2 aliphatic rings. The molecule has 6 heterocycles. The van der Waals surface area contributed by atoms with E-state index in [9.17, 15) is 0 Å². The van der Waals surface area contributed by atoms with E-state index in [1.807, 2.05) is 56.7 Å². The van der Waals surface area contributed by atoms with Crippen LogP contribution in [0.4, 0.5) is 0 Å². The van der Waals surface area contributed by atoms with Gasteiger partial charge in [0.15, 0.2) is 0 Å². The van der Waals surface area contributed by atoms with Gasteiger partial charge in [0.1, 0.15) is 0 Å². The predicted molar refractivity (Wildman–Crippen MR) is 221 cm³/mol. The summed E-state index contributed by atoms with van der Waals surface area (Å²) >= 11 is 11.9. The first-order chi connectivity index (χ1) is 23.7. The van der Waals surface area contributed by atoms with Gasteiger partial charge in [0.2, 0.25) is 0 Å². The molecule has 0 saturated heterocycles. The summed E-state index contributed by atoms with van der Waals surface area (Å²) in [5.41, 5.74) is 4.29. The number of aryl methyl sites for hydroxylation is 2. The first kappa shape index (κ1) is 33.0. The molecule has 246 valence electrons. The van der Waals surface area contributed by atoms with E-state index >= 15 is 0 Å². The summed E-state index contributed by atoms with van der Waals surface area (Å²) < 4.78 is 2.93. The fraction of sp³-hybridized carbons (Fsp3) is 0.333. The molecule has 8 rings (SSSR count). The highest BCUT2D eigenvalue weighted by atomic mass is 32.2. The number of rotatable bonds is 14. The number of unbranched alkanes of at least 4 members (excludes halogenated alkanes) is 6. The van der Waals surface area contributed by atoms with Crippen LogP contribution < -0.4 is 0 Å². The van der Waals surface area contributed by atoms with Gasteiger partial charge in [-0.25, -0.2) is 0 Å². The molecule has 2 atom stereocenters. The molecule has 1 aliphatic carbocycles. The Bertz CT molecular complexity index is 2070. The van der Waals surface area contributed by atoms with Crippen molar-refractivity contribution in [2.24, 2.45) is 0 Å². The molecule has 0 saturated carbocycles. The first-order valence-corrected chi connectivity index (χ1v) is 22.6. The van der Waals surface area contributed by atoms with Gasteiger partial charge >= 0.3 is 0 Å².